The maximum atomic E-state index is 12.6. The molecule has 7 heteroatoms. The molecule has 0 amide bonds. The number of halogens is 4. The summed E-state index contributed by atoms with van der Waals surface area (Å²) in [7, 11) is 0. The molecule has 0 unspecified atom stereocenters. The second-order valence-electron chi connectivity index (χ2n) is 3.51. The van der Waals surface area contributed by atoms with Crippen LogP contribution >= 0.6 is 11.6 Å². The summed E-state index contributed by atoms with van der Waals surface area (Å²) in [5.74, 6) is -0.0880. The van der Waals surface area contributed by atoms with E-state index < -0.39 is 11.7 Å². The zero-order valence-electron chi connectivity index (χ0n) is 8.87. The molecule has 0 aliphatic rings. The van der Waals surface area contributed by atoms with Crippen LogP contribution in [0.2, 0.25) is 5.15 Å². The first-order chi connectivity index (χ1) is 8.36. The van der Waals surface area contributed by atoms with Crippen LogP contribution in [0, 0.1) is 0 Å². The largest absolute Gasteiger partial charge is 0.416 e. The van der Waals surface area contributed by atoms with E-state index in [-0.39, 0.29) is 22.4 Å². The fraction of sp³-hybridized carbons (Fsp3) is 0.0909. The number of benzene rings is 1. The highest BCUT2D eigenvalue weighted by molar-refractivity contribution is 6.29. The Morgan fingerprint density at radius 2 is 1.83 bits per heavy atom. The molecule has 0 fully saturated rings. The van der Waals surface area contributed by atoms with E-state index in [9.17, 15) is 13.2 Å². The van der Waals surface area contributed by atoms with Crippen molar-refractivity contribution in [3.05, 3.63) is 41.0 Å². The van der Waals surface area contributed by atoms with Gasteiger partial charge in [-0.2, -0.15) is 13.2 Å². The minimum atomic E-state index is -4.40. The topological polar surface area (TPSA) is 51.8 Å². The van der Waals surface area contributed by atoms with Gasteiger partial charge in [0.25, 0.3) is 0 Å². The SMILES string of the molecule is Nc1nc(Cl)cc(-c2cccc(C(F)(F)F)c2)n1. The van der Waals surface area contributed by atoms with Crippen LogP contribution in [0.5, 0.6) is 0 Å². The molecule has 1 aromatic heterocycles. The van der Waals surface area contributed by atoms with E-state index in [1.54, 1.807) is 0 Å². The summed E-state index contributed by atoms with van der Waals surface area (Å²) in [4.78, 5) is 7.48. The summed E-state index contributed by atoms with van der Waals surface area (Å²) >= 11 is 5.68. The first-order valence-electron chi connectivity index (χ1n) is 4.84. The molecule has 2 N–H and O–H groups in total. The van der Waals surface area contributed by atoms with Crippen molar-refractivity contribution in [3.63, 3.8) is 0 Å². The number of nitrogens with two attached hydrogens (primary N) is 1. The van der Waals surface area contributed by atoms with Gasteiger partial charge in [-0.25, -0.2) is 9.97 Å². The first-order valence-corrected chi connectivity index (χ1v) is 5.22. The lowest BCUT2D eigenvalue weighted by molar-refractivity contribution is -0.137. The molecule has 0 aliphatic carbocycles. The Kier molecular flexibility index (Phi) is 3.13. The number of rotatable bonds is 1. The molecular formula is C11H7ClF3N3. The van der Waals surface area contributed by atoms with Gasteiger partial charge in [0.2, 0.25) is 5.95 Å². The summed E-state index contributed by atoms with van der Waals surface area (Å²) in [6.07, 6.45) is -4.40. The van der Waals surface area contributed by atoms with E-state index >= 15 is 0 Å². The fourth-order valence-electron chi connectivity index (χ4n) is 1.44. The average molecular weight is 274 g/mol. The molecule has 0 atom stereocenters. The van der Waals surface area contributed by atoms with Crippen molar-refractivity contribution >= 4 is 17.5 Å². The maximum absolute atomic E-state index is 12.6. The normalized spacial score (nSPS) is 11.6. The van der Waals surface area contributed by atoms with Crippen LogP contribution in [-0.4, -0.2) is 9.97 Å². The predicted molar refractivity (Wildman–Crippen MR) is 61.9 cm³/mol. The van der Waals surface area contributed by atoms with Crippen LogP contribution in [0.3, 0.4) is 0 Å². The molecule has 0 radical (unpaired) electrons. The zero-order chi connectivity index (χ0) is 13.3. The number of aromatic nitrogens is 2. The van der Waals surface area contributed by atoms with Gasteiger partial charge in [0.15, 0.2) is 0 Å². The molecule has 1 heterocycles. The summed E-state index contributed by atoms with van der Waals surface area (Å²) in [5, 5.41) is 0.0786. The number of nitrogen functional groups attached to an aromatic ring is 1. The molecule has 0 bridgehead atoms. The van der Waals surface area contributed by atoms with Gasteiger partial charge in [0, 0.05) is 11.6 Å². The van der Waals surface area contributed by atoms with Gasteiger partial charge < -0.3 is 5.73 Å². The highest BCUT2D eigenvalue weighted by atomic mass is 35.5. The van der Waals surface area contributed by atoms with E-state index in [1.807, 2.05) is 0 Å². The highest BCUT2D eigenvalue weighted by Gasteiger charge is 2.30. The van der Waals surface area contributed by atoms with Crippen LogP contribution in [0.1, 0.15) is 5.56 Å². The molecule has 0 aliphatic heterocycles. The second kappa shape index (κ2) is 4.45. The number of alkyl halides is 3. The third kappa shape index (κ3) is 2.70. The van der Waals surface area contributed by atoms with Gasteiger partial charge in [-0.15, -0.1) is 0 Å². The maximum Gasteiger partial charge on any atom is 0.416 e. The van der Waals surface area contributed by atoms with Crippen molar-refractivity contribution in [3.8, 4) is 11.3 Å². The summed E-state index contributed by atoms with van der Waals surface area (Å²) in [6.45, 7) is 0. The lowest BCUT2D eigenvalue weighted by Crippen LogP contribution is -2.05. The Morgan fingerprint density at radius 1 is 1.11 bits per heavy atom. The summed E-state index contributed by atoms with van der Waals surface area (Å²) in [6, 6.07) is 6.11. The van der Waals surface area contributed by atoms with Crippen molar-refractivity contribution in [1.82, 2.24) is 9.97 Å². The van der Waals surface area contributed by atoms with E-state index in [2.05, 4.69) is 9.97 Å². The van der Waals surface area contributed by atoms with Crippen LogP contribution < -0.4 is 5.73 Å². The van der Waals surface area contributed by atoms with Gasteiger partial charge in [0.1, 0.15) is 5.15 Å². The first kappa shape index (κ1) is 12.6. The molecule has 2 rings (SSSR count). The second-order valence-corrected chi connectivity index (χ2v) is 3.90. The minimum Gasteiger partial charge on any atom is -0.368 e. The number of nitrogens with zero attached hydrogens (tertiary/aromatic N) is 2. The van der Waals surface area contributed by atoms with E-state index in [1.165, 1.54) is 18.2 Å². The van der Waals surface area contributed by atoms with Gasteiger partial charge in [-0.1, -0.05) is 23.7 Å². The summed E-state index contributed by atoms with van der Waals surface area (Å²) in [5.41, 5.74) is 5.16. The minimum absolute atomic E-state index is 0.0786. The molecular weight excluding hydrogens is 267 g/mol. The number of anilines is 1. The lowest BCUT2D eigenvalue weighted by atomic mass is 10.1. The van der Waals surface area contributed by atoms with Crippen LogP contribution in [0.4, 0.5) is 19.1 Å². The standard InChI is InChI=1S/C11H7ClF3N3/c12-9-5-8(17-10(16)18-9)6-2-1-3-7(4-6)11(13,14)15/h1-5H,(H2,16,17,18). The fourth-order valence-corrected chi connectivity index (χ4v) is 1.63. The third-order valence-electron chi connectivity index (χ3n) is 2.20. The van der Waals surface area contributed by atoms with Crippen molar-refractivity contribution in [2.75, 3.05) is 5.73 Å². The lowest BCUT2D eigenvalue weighted by Gasteiger charge is -2.08. The third-order valence-corrected chi connectivity index (χ3v) is 2.39. The molecule has 2 aromatic rings. The van der Waals surface area contributed by atoms with Crippen molar-refractivity contribution in [2.45, 2.75) is 6.18 Å². The Morgan fingerprint density at radius 3 is 2.44 bits per heavy atom. The Labute approximate surface area is 105 Å². The Bertz CT molecular complexity index is 564. The highest BCUT2D eigenvalue weighted by Crippen LogP contribution is 2.32. The molecule has 3 nitrogen and oxygen atoms in total. The number of hydrogen-bond acceptors (Lipinski definition) is 3. The molecule has 1 aromatic carbocycles. The van der Waals surface area contributed by atoms with Gasteiger partial charge in [-0.3, -0.25) is 0 Å². The molecule has 0 saturated carbocycles. The van der Waals surface area contributed by atoms with Crippen molar-refractivity contribution in [2.24, 2.45) is 0 Å². The molecule has 0 spiro atoms. The van der Waals surface area contributed by atoms with E-state index in [4.69, 9.17) is 17.3 Å². The van der Waals surface area contributed by atoms with Crippen LogP contribution in [0.25, 0.3) is 11.3 Å². The van der Waals surface area contributed by atoms with Crippen LogP contribution in [-0.2, 0) is 6.18 Å². The average Bonchev–Trinajstić information content (AvgIpc) is 2.27. The summed E-state index contributed by atoms with van der Waals surface area (Å²) < 4.78 is 37.7. The monoisotopic (exact) mass is 273 g/mol. The quantitative estimate of drug-likeness (QED) is 0.810. The Balaban J connectivity index is 2.51. The van der Waals surface area contributed by atoms with E-state index in [0.29, 0.717) is 0 Å². The van der Waals surface area contributed by atoms with Crippen molar-refractivity contribution < 1.29 is 13.2 Å². The molecule has 0 saturated heterocycles. The zero-order valence-corrected chi connectivity index (χ0v) is 9.63. The predicted octanol–water partition coefficient (Wildman–Crippen LogP) is 3.40. The number of hydrogen-bond donors (Lipinski definition) is 1. The smallest absolute Gasteiger partial charge is 0.368 e. The van der Waals surface area contributed by atoms with Gasteiger partial charge in [0.05, 0.1) is 11.3 Å². The van der Waals surface area contributed by atoms with Crippen molar-refractivity contribution in [1.29, 1.82) is 0 Å². The Hall–Kier alpha value is -1.82. The van der Waals surface area contributed by atoms with E-state index in [0.717, 1.165) is 12.1 Å². The molecule has 94 valence electrons. The molecule has 18 heavy (non-hydrogen) atoms. The van der Waals surface area contributed by atoms with Gasteiger partial charge in [-0.05, 0) is 12.1 Å². The van der Waals surface area contributed by atoms with Crippen LogP contribution in [0.15, 0.2) is 30.3 Å². The van der Waals surface area contributed by atoms with Gasteiger partial charge >= 0.3 is 6.18 Å².